The highest BCUT2D eigenvalue weighted by Gasteiger charge is 2.25. The van der Waals surface area contributed by atoms with Crippen LogP contribution in [0.15, 0.2) is 0 Å². The minimum absolute atomic E-state index is 0.0102. The Kier molecular flexibility index (Phi) is 8.37. The van der Waals surface area contributed by atoms with Gasteiger partial charge in [-0.25, -0.2) is 8.42 Å². The first-order valence-corrected chi connectivity index (χ1v) is 8.19. The molecule has 0 saturated heterocycles. The summed E-state index contributed by atoms with van der Waals surface area (Å²) in [5.74, 6) is 0.722. The van der Waals surface area contributed by atoms with E-state index < -0.39 is 10.0 Å². The van der Waals surface area contributed by atoms with E-state index in [0.29, 0.717) is 18.8 Å². The van der Waals surface area contributed by atoms with Gasteiger partial charge in [0, 0.05) is 25.0 Å². The molecule has 0 radical (unpaired) electrons. The van der Waals surface area contributed by atoms with Crippen LogP contribution in [0, 0.1) is 0 Å². The molecule has 0 bridgehead atoms. The second-order valence-corrected chi connectivity index (χ2v) is 6.95. The average molecular weight is 285 g/mol. The standard InChI is InChI=1S/C11H25ClN2O2S/c1-5-14(11(2)10-13(3)4)17(15,16)9-7-6-8-12/h11H,5-10H2,1-4H3. The lowest BCUT2D eigenvalue weighted by Gasteiger charge is -2.29. The topological polar surface area (TPSA) is 40.6 Å². The van der Waals surface area contributed by atoms with Crippen molar-refractivity contribution in [3.63, 3.8) is 0 Å². The van der Waals surface area contributed by atoms with Crippen LogP contribution in [0.4, 0.5) is 0 Å². The van der Waals surface area contributed by atoms with Crippen molar-refractivity contribution in [3.05, 3.63) is 0 Å². The molecule has 6 heteroatoms. The molecule has 0 rings (SSSR count). The van der Waals surface area contributed by atoms with Gasteiger partial charge in [-0.15, -0.1) is 11.6 Å². The molecule has 0 aromatic carbocycles. The van der Waals surface area contributed by atoms with Crippen molar-refractivity contribution in [2.24, 2.45) is 0 Å². The highest BCUT2D eigenvalue weighted by Crippen LogP contribution is 2.10. The zero-order valence-electron chi connectivity index (χ0n) is 11.3. The van der Waals surface area contributed by atoms with Gasteiger partial charge in [-0.05, 0) is 33.9 Å². The lowest BCUT2D eigenvalue weighted by molar-refractivity contribution is 0.271. The van der Waals surface area contributed by atoms with Gasteiger partial charge in [0.15, 0.2) is 0 Å². The van der Waals surface area contributed by atoms with Crippen LogP contribution in [0.1, 0.15) is 26.7 Å². The molecular weight excluding hydrogens is 260 g/mol. The van der Waals surface area contributed by atoms with Crippen LogP contribution in [-0.4, -0.2) is 62.5 Å². The predicted molar refractivity (Wildman–Crippen MR) is 74.1 cm³/mol. The Morgan fingerprint density at radius 3 is 2.24 bits per heavy atom. The van der Waals surface area contributed by atoms with Gasteiger partial charge in [-0.3, -0.25) is 0 Å². The first-order valence-electron chi connectivity index (χ1n) is 6.05. The van der Waals surface area contributed by atoms with E-state index in [0.717, 1.165) is 13.0 Å². The van der Waals surface area contributed by atoms with E-state index in [9.17, 15) is 8.42 Å². The molecule has 0 amide bonds. The van der Waals surface area contributed by atoms with Gasteiger partial charge in [0.05, 0.1) is 5.75 Å². The van der Waals surface area contributed by atoms with E-state index in [1.807, 2.05) is 32.8 Å². The fourth-order valence-corrected chi connectivity index (χ4v) is 3.90. The summed E-state index contributed by atoms with van der Waals surface area (Å²) in [6, 6.07) is 0.0102. The minimum Gasteiger partial charge on any atom is -0.308 e. The summed E-state index contributed by atoms with van der Waals surface area (Å²) in [6.07, 6.45) is 1.39. The van der Waals surface area contributed by atoms with Crippen LogP contribution in [0.3, 0.4) is 0 Å². The molecule has 0 fully saturated rings. The Bertz CT molecular complexity index is 294. The summed E-state index contributed by atoms with van der Waals surface area (Å²) >= 11 is 5.56. The van der Waals surface area contributed by atoms with Crippen molar-refractivity contribution in [1.82, 2.24) is 9.21 Å². The van der Waals surface area contributed by atoms with Gasteiger partial charge in [0.1, 0.15) is 0 Å². The molecule has 0 aliphatic carbocycles. The lowest BCUT2D eigenvalue weighted by atomic mass is 10.3. The first kappa shape index (κ1) is 17.2. The number of rotatable bonds is 9. The van der Waals surface area contributed by atoms with E-state index >= 15 is 0 Å². The molecule has 0 saturated carbocycles. The number of sulfonamides is 1. The average Bonchev–Trinajstić information content (AvgIpc) is 2.16. The van der Waals surface area contributed by atoms with Gasteiger partial charge in [0.2, 0.25) is 10.0 Å². The fraction of sp³-hybridized carbons (Fsp3) is 1.00. The monoisotopic (exact) mass is 284 g/mol. The Balaban J connectivity index is 4.51. The molecule has 1 unspecified atom stereocenters. The van der Waals surface area contributed by atoms with Crippen molar-refractivity contribution in [2.75, 3.05) is 38.8 Å². The zero-order chi connectivity index (χ0) is 13.5. The lowest BCUT2D eigenvalue weighted by Crippen LogP contribution is -2.44. The SMILES string of the molecule is CCN(C(C)CN(C)C)S(=O)(=O)CCCCCl. The van der Waals surface area contributed by atoms with Crippen molar-refractivity contribution < 1.29 is 8.42 Å². The molecular formula is C11H25ClN2O2S. The molecule has 0 aromatic heterocycles. The normalized spacial score (nSPS) is 14.5. The molecule has 0 spiro atoms. The van der Waals surface area contributed by atoms with Crippen molar-refractivity contribution in [2.45, 2.75) is 32.7 Å². The third-order valence-corrected chi connectivity index (χ3v) is 4.98. The van der Waals surface area contributed by atoms with Gasteiger partial charge >= 0.3 is 0 Å². The second kappa shape index (κ2) is 8.29. The van der Waals surface area contributed by atoms with E-state index in [1.54, 1.807) is 4.31 Å². The van der Waals surface area contributed by atoms with Crippen LogP contribution in [0.5, 0.6) is 0 Å². The Labute approximate surface area is 111 Å². The van der Waals surface area contributed by atoms with Gasteiger partial charge < -0.3 is 4.90 Å². The number of unbranched alkanes of at least 4 members (excludes halogenated alkanes) is 1. The van der Waals surface area contributed by atoms with Crippen LogP contribution in [0.25, 0.3) is 0 Å². The molecule has 0 N–H and O–H groups in total. The molecule has 0 aliphatic heterocycles. The van der Waals surface area contributed by atoms with Crippen molar-refractivity contribution in [3.8, 4) is 0 Å². The zero-order valence-corrected chi connectivity index (χ0v) is 12.9. The summed E-state index contributed by atoms with van der Waals surface area (Å²) in [5.41, 5.74) is 0. The summed E-state index contributed by atoms with van der Waals surface area (Å²) in [4.78, 5) is 2.00. The maximum atomic E-state index is 12.1. The van der Waals surface area contributed by atoms with Crippen LogP contribution in [-0.2, 0) is 10.0 Å². The van der Waals surface area contributed by atoms with Gasteiger partial charge in [-0.2, -0.15) is 4.31 Å². The number of nitrogens with zero attached hydrogens (tertiary/aromatic N) is 2. The Morgan fingerprint density at radius 2 is 1.82 bits per heavy atom. The quantitative estimate of drug-likeness (QED) is 0.477. The predicted octanol–water partition coefficient (Wildman–Crippen LogP) is 1.61. The summed E-state index contributed by atoms with van der Waals surface area (Å²) in [7, 11) is 0.756. The largest absolute Gasteiger partial charge is 0.308 e. The molecule has 104 valence electrons. The molecule has 4 nitrogen and oxygen atoms in total. The number of likely N-dealkylation sites (N-methyl/N-ethyl adjacent to an activating group) is 2. The molecule has 0 aromatic rings. The van der Waals surface area contributed by atoms with Gasteiger partial charge in [0.25, 0.3) is 0 Å². The third-order valence-electron chi connectivity index (χ3n) is 2.58. The Hall–Kier alpha value is 0.160. The fourth-order valence-electron chi connectivity index (χ4n) is 1.90. The molecule has 1 atom stereocenters. The maximum Gasteiger partial charge on any atom is 0.214 e. The minimum atomic E-state index is -3.14. The van der Waals surface area contributed by atoms with Crippen LogP contribution >= 0.6 is 11.6 Å². The van der Waals surface area contributed by atoms with Crippen molar-refractivity contribution >= 4 is 21.6 Å². The number of alkyl halides is 1. The van der Waals surface area contributed by atoms with Crippen molar-refractivity contribution in [1.29, 1.82) is 0 Å². The van der Waals surface area contributed by atoms with E-state index in [1.165, 1.54) is 0 Å². The molecule has 0 aliphatic rings. The summed E-state index contributed by atoms with van der Waals surface area (Å²) in [6.45, 7) is 5.09. The van der Waals surface area contributed by atoms with Crippen LogP contribution < -0.4 is 0 Å². The van der Waals surface area contributed by atoms with E-state index in [4.69, 9.17) is 11.6 Å². The van der Waals surface area contributed by atoms with Crippen LogP contribution in [0.2, 0.25) is 0 Å². The Morgan fingerprint density at radius 1 is 1.24 bits per heavy atom. The summed E-state index contributed by atoms with van der Waals surface area (Å²) < 4.78 is 25.8. The smallest absolute Gasteiger partial charge is 0.214 e. The van der Waals surface area contributed by atoms with E-state index in [-0.39, 0.29) is 11.8 Å². The highest BCUT2D eigenvalue weighted by molar-refractivity contribution is 7.89. The molecule has 17 heavy (non-hydrogen) atoms. The second-order valence-electron chi connectivity index (χ2n) is 4.53. The number of hydrogen-bond donors (Lipinski definition) is 0. The number of hydrogen-bond acceptors (Lipinski definition) is 3. The highest BCUT2D eigenvalue weighted by atomic mass is 35.5. The number of halogens is 1. The summed E-state index contributed by atoms with van der Waals surface area (Å²) in [5, 5.41) is 0. The molecule has 0 heterocycles. The maximum absolute atomic E-state index is 12.1. The van der Waals surface area contributed by atoms with Gasteiger partial charge in [-0.1, -0.05) is 6.92 Å². The first-order chi connectivity index (χ1) is 7.85. The third kappa shape index (κ3) is 6.60. The van der Waals surface area contributed by atoms with E-state index in [2.05, 4.69) is 0 Å².